The van der Waals surface area contributed by atoms with Crippen LogP contribution in [-0.2, 0) is 14.3 Å². The van der Waals surface area contributed by atoms with E-state index < -0.39 is 49.5 Å². The lowest BCUT2D eigenvalue weighted by Gasteiger charge is -2.40. The van der Waals surface area contributed by atoms with E-state index >= 15 is 0 Å². The summed E-state index contributed by atoms with van der Waals surface area (Å²) in [7, 11) is 0. The highest BCUT2D eigenvalue weighted by atomic mass is 16.7. The highest BCUT2D eigenvalue weighted by molar-refractivity contribution is 5.76. The summed E-state index contributed by atoms with van der Waals surface area (Å²) in [6.07, 6.45) is 97.6. The maximum atomic E-state index is 13.2. The van der Waals surface area contributed by atoms with E-state index in [2.05, 4.69) is 43.5 Å². The van der Waals surface area contributed by atoms with Gasteiger partial charge in [-0.25, -0.2) is 0 Å². The Morgan fingerprint density at radius 2 is 0.615 bits per heavy atom. The molecule has 568 valence electrons. The van der Waals surface area contributed by atoms with Crippen LogP contribution in [0.15, 0.2) is 36.5 Å². The Labute approximate surface area is 597 Å². The number of hydrogen-bond donors (Lipinski definition) is 6. The van der Waals surface area contributed by atoms with Crippen LogP contribution in [0.2, 0.25) is 0 Å². The first kappa shape index (κ1) is 92.4. The Morgan fingerprint density at radius 3 is 0.896 bits per heavy atom. The topological polar surface area (TPSA) is 149 Å². The third-order valence-electron chi connectivity index (χ3n) is 21.0. The second-order valence-corrected chi connectivity index (χ2v) is 30.3. The number of aliphatic hydroxyl groups excluding tert-OH is 5. The molecule has 0 aromatic heterocycles. The zero-order valence-electron chi connectivity index (χ0n) is 64.2. The molecule has 7 unspecified atom stereocenters. The van der Waals surface area contributed by atoms with Crippen molar-refractivity contribution in [2.24, 2.45) is 0 Å². The molecule has 0 aromatic carbocycles. The summed E-state index contributed by atoms with van der Waals surface area (Å²) in [5, 5.41) is 55.0. The van der Waals surface area contributed by atoms with E-state index in [4.69, 9.17) is 9.47 Å². The molecule has 1 fully saturated rings. The van der Waals surface area contributed by atoms with Crippen LogP contribution < -0.4 is 5.32 Å². The first-order valence-corrected chi connectivity index (χ1v) is 43.2. The van der Waals surface area contributed by atoms with E-state index in [1.807, 2.05) is 6.08 Å². The predicted molar refractivity (Wildman–Crippen MR) is 415 cm³/mol. The molecule has 6 N–H and O–H groups in total. The van der Waals surface area contributed by atoms with Crippen LogP contribution in [0.1, 0.15) is 457 Å². The van der Waals surface area contributed by atoms with E-state index in [-0.39, 0.29) is 12.5 Å². The first-order valence-electron chi connectivity index (χ1n) is 43.2. The average molecular weight is 1360 g/mol. The van der Waals surface area contributed by atoms with Gasteiger partial charge in [0, 0.05) is 6.42 Å². The van der Waals surface area contributed by atoms with Crippen molar-refractivity contribution in [2.45, 2.75) is 500 Å². The van der Waals surface area contributed by atoms with Gasteiger partial charge in [0.2, 0.25) is 5.91 Å². The number of amides is 1. The van der Waals surface area contributed by atoms with Crippen molar-refractivity contribution in [3.8, 4) is 0 Å². The molecule has 0 saturated carbocycles. The molecule has 0 bridgehead atoms. The maximum absolute atomic E-state index is 13.2. The van der Waals surface area contributed by atoms with Crippen molar-refractivity contribution in [1.82, 2.24) is 5.32 Å². The van der Waals surface area contributed by atoms with Crippen molar-refractivity contribution in [1.29, 1.82) is 0 Å². The van der Waals surface area contributed by atoms with Crippen molar-refractivity contribution < 1.29 is 39.8 Å². The third-order valence-corrected chi connectivity index (χ3v) is 21.0. The summed E-state index contributed by atoms with van der Waals surface area (Å²) >= 11 is 0. The van der Waals surface area contributed by atoms with Crippen LogP contribution >= 0.6 is 0 Å². The number of allylic oxidation sites excluding steroid dienone is 5. The van der Waals surface area contributed by atoms with E-state index in [0.717, 1.165) is 44.9 Å². The number of unbranched alkanes of at least 4 members (excludes halogenated alkanes) is 64. The normalized spacial score (nSPS) is 17.5. The van der Waals surface area contributed by atoms with Crippen molar-refractivity contribution in [3.63, 3.8) is 0 Å². The zero-order chi connectivity index (χ0) is 69.2. The van der Waals surface area contributed by atoms with Crippen molar-refractivity contribution >= 4 is 5.91 Å². The lowest BCUT2D eigenvalue weighted by molar-refractivity contribution is -0.302. The molecular formula is C87H167NO8. The third kappa shape index (κ3) is 63.3. The predicted octanol–water partition coefficient (Wildman–Crippen LogP) is 25.3. The van der Waals surface area contributed by atoms with E-state index in [1.165, 1.54) is 392 Å². The summed E-state index contributed by atoms with van der Waals surface area (Å²) in [5.41, 5.74) is 0. The SMILES string of the molecule is CCCCCCC/C=C\C/C=C\CCCCCCCCCCCCCCCCCCCCCCCCCCCCCCCC(=O)NC(COC1OC(CO)C(O)C(O)C1O)C(O)/C=C/CCCCCCCCCCCCCCCCCCCCCCCCCCCCCCCC. The number of hydrogen-bond acceptors (Lipinski definition) is 8. The molecule has 0 spiro atoms. The fourth-order valence-corrected chi connectivity index (χ4v) is 14.3. The standard InChI is InChI=1S/C87H167NO8/c1-3-5-7-9-11-13-15-17-19-21-23-25-27-29-31-33-35-37-38-39-40-41-42-43-44-45-47-49-51-53-55-57-59-61-63-65-67-69-71-73-75-77-83(91)88-80(79-95-87-86(94)85(93)84(92)82(78-89)96-87)81(90)76-74-72-70-68-66-64-62-60-58-56-54-52-50-48-46-36-34-32-30-28-26-24-22-20-18-16-14-12-10-8-6-4-2/h15,17,21,23,74,76,80-82,84-87,89-90,92-94H,3-14,16,18-20,22,24-73,75,77-79H2,1-2H3,(H,88,91)/b17-15-,23-21-,76-74+. The van der Waals surface area contributed by atoms with Gasteiger partial charge in [-0.05, 0) is 51.4 Å². The van der Waals surface area contributed by atoms with Gasteiger partial charge in [-0.1, -0.05) is 436 Å². The van der Waals surface area contributed by atoms with Crippen LogP contribution in [0.25, 0.3) is 0 Å². The molecule has 96 heavy (non-hydrogen) atoms. The molecule has 1 aliphatic heterocycles. The minimum Gasteiger partial charge on any atom is -0.394 e. The lowest BCUT2D eigenvalue weighted by atomic mass is 9.99. The Bertz CT molecular complexity index is 1620. The molecule has 1 amide bonds. The largest absolute Gasteiger partial charge is 0.394 e. The second kappa shape index (κ2) is 76.1. The molecule has 7 atom stereocenters. The second-order valence-electron chi connectivity index (χ2n) is 30.3. The summed E-state index contributed by atoms with van der Waals surface area (Å²) < 4.78 is 11.4. The Morgan fingerprint density at radius 1 is 0.354 bits per heavy atom. The van der Waals surface area contributed by atoms with Gasteiger partial charge in [0.1, 0.15) is 24.4 Å². The highest BCUT2D eigenvalue weighted by Gasteiger charge is 2.44. The molecule has 9 nitrogen and oxygen atoms in total. The molecular weight excluding hydrogens is 1190 g/mol. The summed E-state index contributed by atoms with van der Waals surface area (Å²) in [6.45, 7) is 3.84. The summed E-state index contributed by atoms with van der Waals surface area (Å²) in [5.74, 6) is -0.166. The van der Waals surface area contributed by atoms with Crippen molar-refractivity contribution in [3.05, 3.63) is 36.5 Å². The van der Waals surface area contributed by atoms with Gasteiger partial charge in [0.25, 0.3) is 0 Å². The average Bonchev–Trinajstić information content (AvgIpc) is 0.840. The number of carbonyl (C=O) groups is 1. The molecule has 1 rings (SSSR count). The van der Waals surface area contributed by atoms with E-state index in [1.54, 1.807) is 6.08 Å². The van der Waals surface area contributed by atoms with Gasteiger partial charge < -0.3 is 40.3 Å². The van der Waals surface area contributed by atoms with Gasteiger partial charge in [-0.15, -0.1) is 0 Å². The van der Waals surface area contributed by atoms with E-state index in [0.29, 0.717) is 6.42 Å². The minimum absolute atomic E-state index is 0.166. The molecule has 1 heterocycles. The van der Waals surface area contributed by atoms with Crippen LogP contribution in [0.3, 0.4) is 0 Å². The van der Waals surface area contributed by atoms with Crippen LogP contribution in [0.5, 0.6) is 0 Å². The maximum Gasteiger partial charge on any atom is 0.220 e. The van der Waals surface area contributed by atoms with Gasteiger partial charge in [-0.2, -0.15) is 0 Å². The number of carbonyl (C=O) groups excluding carboxylic acids is 1. The van der Waals surface area contributed by atoms with Gasteiger partial charge in [0.15, 0.2) is 6.29 Å². The minimum atomic E-state index is -1.57. The molecule has 0 aliphatic carbocycles. The number of rotatable bonds is 78. The molecule has 0 radical (unpaired) electrons. The molecule has 0 aromatic rings. The summed E-state index contributed by atoms with van der Waals surface area (Å²) in [4.78, 5) is 13.2. The monoisotopic (exact) mass is 1350 g/mol. The quantitative estimate of drug-likeness (QED) is 0.0261. The fraction of sp³-hybridized carbons (Fsp3) is 0.920. The Balaban J connectivity index is 2.02. The number of ether oxygens (including phenoxy) is 2. The number of aliphatic hydroxyl groups is 5. The smallest absolute Gasteiger partial charge is 0.220 e. The van der Waals surface area contributed by atoms with E-state index in [9.17, 15) is 30.3 Å². The number of nitrogens with one attached hydrogen (secondary N) is 1. The van der Waals surface area contributed by atoms with Crippen molar-refractivity contribution in [2.75, 3.05) is 13.2 Å². The molecule has 1 aliphatic rings. The van der Waals surface area contributed by atoms with Gasteiger partial charge in [-0.3, -0.25) is 4.79 Å². The van der Waals surface area contributed by atoms with Crippen LogP contribution in [-0.4, -0.2) is 87.5 Å². The lowest BCUT2D eigenvalue weighted by Crippen LogP contribution is -2.60. The fourth-order valence-electron chi connectivity index (χ4n) is 14.3. The van der Waals surface area contributed by atoms with Gasteiger partial charge in [0.05, 0.1) is 25.4 Å². The molecule has 1 saturated heterocycles. The Hall–Kier alpha value is -1.59. The zero-order valence-corrected chi connectivity index (χ0v) is 64.2. The highest BCUT2D eigenvalue weighted by Crippen LogP contribution is 2.24. The van der Waals surface area contributed by atoms with Crippen LogP contribution in [0, 0.1) is 0 Å². The van der Waals surface area contributed by atoms with Gasteiger partial charge >= 0.3 is 0 Å². The Kier molecular flexibility index (Phi) is 73.2. The first-order chi connectivity index (χ1) is 47.3. The molecule has 9 heteroatoms. The summed E-state index contributed by atoms with van der Waals surface area (Å²) in [6, 6.07) is -0.805. The van der Waals surface area contributed by atoms with Crippen LogP contribution in [0.4, 0.5) is 0 Å².